The minimum absolute atomic E-state index is 0.160. The van der Waals surface area contributed by atoms with E-state index in [0.717, 1.165) is 25.7 Å². The van der Waals surface area contributed by atoms with E-state index in [4.69, 9.17) is 4.74 Å². The van der Waals surface area contributed by atoms with Crippen LogP contribution in [0.25, 0.3) is 0 Å². The minimum atomic E-state index is -0.177. The summed E-state index contributed by atoms with van der Waals surface area (Å²) in [5.74, 6) is 1.19. The van der Waals surface area contributed by atoms with Gasteiger partial charge in [0.2, 0.25) is 0 Å². The second-order valence-electron chi connectivity index (χ2n) is 6.02. The van der Waals surface area contributed by atoms with Crippen LogP contribution in [0.5, 0.6) is 0 Å². The van der Waals surface area contributed by atoms with Gasteiger partial charge in [0.15, 0.2) is 5.82 Å². The topological polar surface area (TPSA) is 91.9 Å². The molecule has 3 N–H and O–H groups in total. The van der Waals surface area contributed by atoms with Crippen LogP contribution in [-0.2, 0) is 30.7 Å². The number of amides is 2. The van der Waals surface area contributed by atoms with E-state index in [-0.39, 0.29) is 12.1 Å². The van der Waals surface area contributed by atoms with Crippen LogP contribution in [0.4, 0.5) is 4.79 Å². The highest BCUT2D eigenvalue weighted by Gasteiger charge is 2.18. The monoisotopic (exact) mass is 329 g/mol. The molecule has 1 atom stereocenters. The molecule has 1 heterocycles. The molecular weight excluding hydrogens is 306 g/mol. The Bertz CT molecular complexity index is 685. The first kappa shape index (κ1) is 16.4. The van der Waals surface area contributed by atoms with Gasteiger partial charge in [-0.05, 0) is 36.8 Å². The summed E-state index contributed by atoms with van der Waals surface area (Å²) < 4.78 is 4.96. The number of ether oxygens (including phenoxy) is 1. The van der Waals surface area contributed by atoms with Gasteiger partial charge in [0.1, 0.15) is 12.4 Å². The molecule has 0 aliphatic heterocycles. The Morgan fingerprint density at radius 3 is 3.04 bits per heavy atom. The number of urea groups is 1. The molecule has 3 rings (SSSR count). The highest BCUT2D eigenvalue weighted by molar-refractivity contribution is 5.74. The molecule has 0 spiro atoms. The molecule has 0 saturated carbocycles. The van der Waals surface area contributed by atoms with Gasteiger partial charge in [0, 0.05) is 13.2 Å². The number of aromatic nitrogens is 3. The van der Waals surface area contributed by atoms with E-state index in [1.165, 1.54) is 11.1 Å². The van der Waals surface area contributed by atoms with Crippen molar-refractivity contribution < 1.29 is 9.53 Å². The molecule has 2 amide bonds. The lowest BCUT2D eigenvalue weighted by molar-refractivity contribution is 0.178. The Labute approximate surface area is 141 Å². The summed E-state index contributed by atoms with van der Waals surface area (Å²) in [4.78, 5) is 16.4. The van der Waals surface area contributed by atoms with Crippen molar-refractivity contribution in [2.75, 3.05) is 7.11 Å². The Hall–Kier alpha value is -2.41. The number of carbonyl (C=O) groups excluding carboxylic acids is 1. The summed E-state index contributed by atoms with van der Waals surface area (Å²) in [6.45, 7) is 0.663. The average molecular weight is 329 g/mol. The highest BCUT2D eigenvalue weighted by atomic mass is 16.5. The van der Waals surface area contributed by atoms with Crippen LogP contribution in [0.3, 0.4) is 0 Å². The van der Waals surface area contributed by atoms with Gasteiger partial charge in [-0.2, -0.15) is 5.10 Å². The van der Waals surface area contributed by atoms with Crippen LogP contribution in [0.15, 0.2) is 24.3 Å². The lowest BCUT2D eigenvalue weighted by Crippen LogP contribution is -2.42. The van der Waals surface area contributed by atoms with Crippen LogP contribution in [-0.4, -0.2) is 34.4 Å². The summed E-state index contributed by atoms with van der Waals surface area (Å²) in [7, 11) is 1.59. The summed E-state index contributed by atoms with van der Waals surface area (Å²) >= 11 is 0. The number of rotatable bonds is 5. The van der Waals surface area contributed by atoms with Gasteiger partial charge in [-0.25, -0.2) is 9.78 Å². The highest BCUT2D eigenvalue weighted by Crippen LogP contribution is 2.20. The smallest absolute Gasteiger partial charge is 0.315 e. The van der Waals surface area contributed by atoms with E-state index >= 15 is 0 Å². The standard InChI is InChI=1S/C17H23N5O2/c1-24-11-16-20-15(21-22-16)10-18-17(23)19-14-8-4-7-12-5-2-3-6-13(12)9-14/h2-3,5-6,14H,4,7-11H2,1H3,(H2,18,19,23)(H,20,21,22). The number of nitrogens with one attached hydrogen (secondary N) is 3. The van der Waals surface area contributed by atoms with Crippen LogP contribution >= 0.6 is 0 Å². The lowest BCUT2D eigenvalue weighted by Gasteiger charge is -2.17. The fourth-order valence-corrected chi connectivity index (χ4v) is 3.04. The van der Waals surface area contributed by atoms with Crippen LogP contribution in [0.1, 0.15) is 35.6 Å². The first-order valence-electron chi connectivity index (χ1n) is 8.25. The van der Waals surface area contributed by atoms with E-state index in [2.05, 4.69) is 50.1 Å². The second kappa shape index (κ2) is 7.92. The first-order valence-corrected chi connectivity index (χ1v) is 8.25. The SMILES string of the molecule is COCc1n[nH]c(CNC(=O)NC2CCCc3ccccc3C2)n1. The van der Waals surface area contributed by atoms with Crippen LogP contribution in [0, 0.1) is 0 Å². The molecule has 0 radical (unpaired) electrons. The van der Waals surface area contributed by atoms with Crippen molar-refractivity contribution >= 4 is 6.03 Å². The number of hydrogen-bond donors (Lipinski definition) is 3. The predicted octanol–water partition coefficient (Wildman–Crippen LogP) is 1.70. The third-order valence-corrected chi connectivity index (χ3v) is 4.19. The third-order valence-electron chi connectivity index (χ3n) is 4.19. The second-order valence-corrected chi connectivity index (χ2v) is 6.02. The normalized spacial score (nSPS) is 17.0. The predicted molar refractivity (Wildman–Crippen MR) is 89.3 cm³/mol. The zero-order chi connectivity index (χ0) is 16.8. The number of carbonyl (C=O) groups is 1. The van der Waals surface area contributed by atoms with E-state index in [1.807, 2.05) is 0 Å². The number of nitrogens with zero attached hydrogens (tertiary/aromatic N) is 2. The van der Waals surface area contributed by atoms with Crippen molar-refractivity contribution in [1.82, 2.24) is 25.8 Å². The molecule has 1 aliphatic rings. The largest absolute Gasteiger partial charge is 0.377 e. The van der Waals surface area contributed by atoms with Gasteiger partial charge in [0.25, 0.3) is 0 Å². The molecule has 7 heteroatoms. The average Bonchev–Trinajstić information content (AvgIpc) is 2.92. The van der Waals surface area contributed by atoms with Crippen molar-refractivity contribution in [1.29, 1.82) is 0 Å². The van der Waals surface area contributed by atoms with Crippen molar-refractivity contribution in [3.63, 3.8) is 0 Å². The number of methoxy groups -OCH3 is 1. The van der Waals surface area contributed by atoms with Gasteiger partial charge < -0.3 is 15.4 Å². The fraction of sp³-hybridized carbons (Fsp3) is 0.471. The molecule has 1 aliphatic carbocycles. The summed E-state index contributed by atoms with van der Waals surface area (Å²) in [5.41, 5.74) is 2.73. The summed E-state index contributed by atoms with van der Waals surface area (Å²) in [5, 5.41) is 12.7. The number of hydrogen-bond acceptors (Lipinski definition) is 4. The number of H-pyrrole nitrogens is 1. The van der Waals surface area contributed by atoms with E-state index in [1.54, 1.807) is 7.11 Å². The number of aryl methyl sites for hydroxylation is 1. The molecule has 24 heavy (non-hydrogen) atoms. The molecule has 1 aromatic heterocycles. The molecule has 0 saturated heterocycles. The maximum atomic E-state index is 12.1. The van der Waals surface area contributed by atoms with Gasteiger partial charge in [-0.15, -0.1) is 0 Å². The lowest BCUT2D eigenvalue weighted by atomic mass is 10.0. The zero-order valence-electron chi connectivity index (χ0n) is 13.8. The maximum absolute atomic E-state index is 12.1. The van der Waals surface area contributed by atoms with Gasteiger partial charge >= 0.3 is 6.03 Å². The summed E-state index contributed by atoms with van der Waals surface area (Å²) in [6.07, 6.45) is 4.03. The Kier molecular flexibility index (Phi) is 5.43. The quantitative estimate of drug-likeness (QED) is 0.728. The Morgan fingerprint density at radius 1 is 1.38 bits per heavy atom. The molecule has 0 fully saturated rings. The molecule has 2 aromatic rings. The minimum Gasteiger partial charge on any atom is -0.377 e. The molecule has 1 unspecified atom stereocenters. The summed E-state index contributed by atoms with van der Waals surface area (Å²) in [6, 6.07) is 8.45. The van der Waals surface area contributed by atoms with Gasteiger partial charge in [-0.3, -0.25) is 5.10 Å². The molecule has 1 aromatic carbocycles. The Morgan fingerprint density at radius 2 is 2.21 bits per heavy atom. The first-order chi connectivity index (χ1) is 11.7. The maximum Gasteiger partial charge on any atom is 0.315 e. The molecule has 128 valence electrons. The van der Waals surface area contributed by atoms with E-state index in [9.17, 15) is 4.79 Å². The zero-order valence-corrected chi connectivity index (χ0v) is 13.8. The number of fused-ring (bicyclic) bond motifs is 1. The van der Waals surface area contributed by atoms with Gasteiger partial charge in [-0.1, -0.05) is 24.3 Å². The van der Waals surface area contributed by atoms with Gasteiger partial charge in [0.05, 0.1) is 6.54 Å². The van der Waals surface area contributed by atoms with Crippen molar-refractivity contribution in [2.45, 2.75) is 44.9 Å². The van der Waals surface area contributed by atoms with Crippen LogP contribution in [0.2, 0.25) is 0 Å². The fourth-order valence-electron chi connectivity index (χ4n) is 3.04. The number of benzene rings is 1. The molecular formula is C17H23N5O2. The third kappa shape index (κ3) is 4.32. The Balaban J connectivity index is 1.49. The van der Waals surface area contributed by atoms with Crippen molar-refractivity contribution in [3.05, 3.63) is 47.0 Å². The van der Waals surface area contributed by atoms with E-state index < -0.39 is 0 Å². The molecule has 0 bridgehead atoms. The van der Waals surface area contributed by atoms with E-state index in [0.29, 0.717) is 24.8 Å². The van der Waals surface area contributed by atoms with Crippen LogP contribution < -0.4 is 10.6 Å². The molecule has 7 nitrogen and oxygen atoms in total. The number of aromatic amines is 1. The van der Waals surface area contributed by atoms with Crippen molar-refractivity contribution in [3.8, 4) is 0 Å². The van der Waals surface area contributed by atoms with Crippen molar-refractivity contribution in [2.24, 2.45) is 0 Å².